The Balaban J connectivity index is 1.47. The van der Waals surface area contributed by atoms with E-state index >= 15 is 0 Å². The topological polar surface area (TPSA) is 387 Å². The van der Waals surface area contributed by atoms with Gasteiger partial charge in [-0.1, -0.05) is 0 Å². The van der Waals surface area contributed by atoms with Gasteiger partial charge in [0, 0.05) is 0 Å². The Kier molecular flexibility index (Phi) is 15.0. The Labute approximate surface area is 306 Å². The van der Waals surface area contributed by atoms with Crippen LogP contribution in [0.2, 0.25) is 0 Å². The summed E-state index contributed by atoms with van der Waals surface area (Å²) in [6, 6.07) is 0. The molecule has 0 radical (unpaired) electrons. The van der Waals surface area contributed by atoms with Crippen molar-refractivity contribution >= 4 is 0 Å². The lowest BCUT2D eigenvalue weighted by Gasteiger charge is -2.50. The Morgan fingerprint density at radius 1 is 0.333 bits per heavy atom. The maximum Gasteiger partial charge on any atom is 0.187 e. The van der Waals surface area contributed by atoms with E-state index in [1.165, 1.54) is 13.8 Å². The zero-order valence-electron chi connectivity index (χ0n) is 28.9. The molecule has 0 aliphatic carbocycles. The fourth-order valence-electron chi connectivity index (χ4n) is 6.87. The molecule has 5 rings (SSSR count). The van der Waals surface area contributed by atoms with Crippen molar-refractivity contribution in [1.82, 2.24) is 0 Å². The number of aliphatic hydroxyl groups is 15. The van der Waals surface area contributed by atoms with Crippen molar-refractivity contribution in [3.8, 4) is 0 Å². The summed E-state index contributed by atoms with van der Waals surface area (Å²) in [5.41, 5.74) is 0. The second-order valence-corrected chi connectivity index (χ2v) is 13.9. The van der Waals surface area contributed by atoms with Crippen LogP contribution >= 0.6 is 0 Å². The van der Waals surface area contributed by atoms with Crippen LogP contribution in [0.25, 0.3) is 0 Å². The molecule has 24 heteroatoms. The van der Waals surface area contributed by atoms with Gasteiger partial charge in [0.15, 0.2) is 31.5 Å². The van der Waals surface area contributed by atoms with Crippen molar-refractivity contribution < 1.29 is 119 Å². The summed E-state index contributed by atoms with van der Waals surface area (Å²) < 4.78 is 50.9. The van der Waals surface area contributed by atoms with Crippen molar-refractivity contribution in [3.63, 3.8) is 0 Å². The molecular formula is C30H52O24. The minimum atomic E-state index is -2.04. The van der Waals surface area contributed by atoms with Crippen molar-refractivity contribution in [2.45, 2.75) is 167 Å². The summed E-state index contributed by atoms with van der Waals surface area (Å²) >= 11 is 0. The van der Waals surface area contributed by atoms with Crippen LogP contribution in [-0.2, 0) is 42.6 Å². The third-order valence-corrected chi connectivity index (χ3v) is 10.2. The molecule has 0 bridgehead atoms. The van der Waals surface area contributed by atoms with Crippen molar-refractivity contribution in [2.24, 2.45) is 0 Å². The summed E-state index contributed by atoms with van der Waals surface area (Å²) in [6.45, 7) is -0.118. The molecule has 25 atom stereocenters. The predicted octanol–water partition coefficient (Wildman–Crippen LogP) is -9.87. The largest absolute Gasteiger partial charge is 0.394 e. The first-order valence-electron chi connectivity index (χ1n) is 17.3. The number of hydrogen-bond donors (Lipinski definition) is 15. The second-order valence-electron chi connectivity index (χ2n) is 13.9. The van der Waals surface area contributed by atoms with Gasteiger partial charge in [0.05, 0.1) is 32.0 Å². The highest BCUT2D eigenvalue weighted by molar-refractivity contribution is 4.99. The predicted molar refractivity (Wildman–Crippen MR) is 164 cm³/mol. The Hall–Kier alpha value is -0.960. The molecule has 0 aromatic rings. The minimum Gasteiger partial charge on any atom is -0.394 e. The van der Waals surface area contributed by atoms with E-state index in [2.05, 4.69) is 0 Å². The first-order chi connectivity index (χ1) is 25.4. The van der Waals surface area contributed by atoms with Crippen LogP contribution in [-0.4, -0.2) is 250 Å². The third-order valence-electron chi connectivity index (χ3n) is 10.2. The van der Waals surface area contributed by atoms with Gasteiger partial charge in [-0.2, -0.15) is 0 Å². The lowest BCUT2D eigenvalue weighted by molar-refractivity contribution is -0.409. The van der Waals surface area contributed by atoms with Crippen molar-refractivity contribution in [3.05, 3.63) is 0 Å². The average Bonchev–Trinajstić information content (AvgIpc) is 3.15. The monoisotopic (exact) mass is 796 g/mol. The van der Waals surface area contributed by atoms with Gasteiger partial charge in [-0.05, 0) is 13.8 Å². The molecule has 5 fully saturated rings. The van der Waals surface area contributed by atoms with E-state index in [4.69, 9.17) is 42.6 Å². The van der Waals surface area contributed by atoms with E-state index in [1.807, 2.05) is 0 Å². The van der Waals surface area contributed by atoms with E-state index in [1.54, 1.807) is 0 Å². The molecule has 54 heavy (non-hydrogen) atoms. The summed E-state index contributed by atoms with van der Waals surface area (Å²) in [7, 11) is 0. The molecule has 24 nitrogen and oxygen atoms in total. The molecule has 0 aromatic heterocycles. The number of aliphatic hydroxyl groups excluding tert-OH is 15. The van der Waals surface area contributed by atoms with Crippen LogP contribution in [0.1, 0.15) is 13.8 Å². The number of rotatable bonds is 11. The normalized spacial score (nSPS) is 54.7. The van der Waals surface area contributed by atoms with Crippen molar-refractivity contribution in [2.75, 3.05) is 19.8 Å². The molecule has 316 valence electrons. The van der Waals surface area contributed by atoms with Gasteiger partial charge in [0.1, 0.15) is 110 Å². The Bertz CT molecular complexity index is 1170. The molecule has 0 spiro atoms. The van der Waals surface area contributed by atoms with Gasteiger partial charge in [0.25, 0.3) is 0 Å². The van der Waals surface area contributed by atoms with Crippen LogP contribution in [0.5, 0.6) is 0 Å². The highest BCUT2D eigenvalue weighted by Gasteiger charge is 2.57. The zero-order valence-corrected chi connectivity index (χ0v) is 28.9. The highest BCUT2D eigenvalue weighted by atomic mass is 16.8. The van der Waals surface area contributed by atoms with Crippen molar-refractivity contribution in [1.29, 1.82) is 0 Å². The Morgan fingerprint density at radius 3 is 1.22 bits per heavy atom. The fourth-order valence-corrected chi connectivity index (χ4v) is 6.87. The van der Waals surface area contributed by atoms with Crippen LogP contribution in [0, 0.1) is 0 Å². The third kappa shape index (κ3) is 8.72. The SMILES string of the molecule is CC1OC(OC2C(O)OC(CO)C(OC3OC(CO)C(O)C(OC4OC(CO)C(O)C(O)C4O)C3OC3OC(C)C(O)C(O)C3O)C2O)C(O)C(O)C1O. The number of ether oxygens (including phenoxy) is 9. The van der Waals surface area contributed by atoms with Gasteiger partial charge in [-0.3, -0.25) is 0 Å². The minimum absolute atomic E-state index is 0.870. The summed E-state index contributed by atoms with van der Waals surface area (Å²) in [5, 5.41) is 157. The maximum atomic E-state index is 11.5. The summed E-state index contributed by atoms with van der Waals surface area (Å²) in [5.74, 6) is 0. The first kappa shape index (κ1) is 44.1. The average molecular weight is 797 g/mol. The lowest BCUT2D eigenvalue weighted by atomic mass is 9.95. The van der Waals surface area contributed by atoms with E-state index in [-0.39, 0.29) is 0 Å². The molecule has 5 heterocycles. The number of hydrogen-bond acceptors (Lipinski definition) is 24. The van der Waals surface area contributed by atoms with Gasteiger partial charge in [0.2, 0.25) is 0 Å². The molecule has 15 N–H and O–H groups in total. The van der Waals surface area contributed by atoms with Gasteiger partial charge in [-0.15, -0.1) is 0 Å². The Morgan fingerprint density at radius 2 is 0.722 bits per heavy atom. The zero-order chi connectivity index (χ0) is 39.9. The lowest BCUT2D eigenvalue weighted by Crippen LogP contribution is -2.69. The van der Waals surface area contributed by atoms with Gasteiger partial charge in [-0.25, -0.2) is 0 Å². The molecule has 5 aliphatic heterocycles. The van der Waals surface area contributed by atoms with Crippen LogP contribution in [0.4, 0.5) is 0 Å². The highest BCUT2D eigenvalue weighted by Crippen LogP contribution is 2.37. The van der Waals surface area contributed by atoms with Gasteiger partial charge >= 0.3 is 0 Å². The van der Waals surface area contributed by atoms with Crippen LogP contribution in [0.3, 0.4) is 0 Å². The smallest absolute Gasteiger partial charge is 0.187 e. The molecule has 0 aromatic carbocycles. The standard InChI is InChI=1S/C30H52O24/c1-6-11(34)15(38)18(41)27(46-6)53-24-21(44)22(10(5-33)48-26(24)45)51-30-25(54-28-19(42)16(39)12(35)7(2)47-28)23(14(37)9(4-32)50-30)52-29-20(43)17(40)13(36)8(3-31)49-29/h6-45H,3-5H2,1-2H3. The fraction of sp³-hybridized carbons (Fsp3) is 1.00. The van der Waals surface area contributed by atoms with Crippen LogP contribution in [0.15, 0.2) is 0 Å². The van der Waals surface area contributed by atoms with Crippen LogP contribution < -0.4 is 0 Å². The quantitative estimate of drug-likeness (QED) is 0.0923. The second kappa shape index (κ2) is 18.3. The van der Waals surface area contributed by atoms with Gasteiger partial charge < -0.3 is 119 Å². The summed E-state index contributed by atoms with van der Waals surface area (Å²) in [4.78, 5) is 0. The first-order valence-corrected chi connectivity index (χ1v) is 17.3. The van der Waals surface area contributed by atoms with E-state index in [0.29, 0.717) is 0 Å². The van der Waals surface area contributed by atoms with E-state index in [9.17, 15) is 76.6 Å². The molecule has 0 saturated carbocycles. The molecule has 5 saturated heterocycles. The summed E-state index contributed by atoms with van der Waals surface area (Å²) in [6.07, 6.45) is -44.6. The van der Waals surface area contributed by atoms with E-state index in [0.717, 1.165) is 0 Å². The maximum absolute atomic E-state index is 11.5. The molecule has 25 unspecified atom stereocenters. The molecule has 5 aliphatic rings. The van der Waals surface area contributed by atoms with E-state index < -0.39 is 173 Å². The molecular weight excluding hydrogens is 744 g/mol. The molecule has 0 amide bonds.